The van der Waals surface area contributed by atoms with Gasteiger partial charge in [0.25, 0.3) is 0 Å². The summed E-state index contributed by atoms with van der Waals surface area (Å²) in [7, 11) is 0. The zero-order chi connectivity index (χ0) is 14.3. The maximum Gasteiger partial charge on any atom is 0.200 e. The summed E-state index contributed by atoms with van der Waals surface area (Å²) in [6.45, 7) is 3.67. The fourth-order valence-electron chi connectivity index (χ4n) is 2.79. The number of aryl methyl sites for hydroxylation is 1. The average Bonchev–Trinajstić information content (AvgIpc) is 3.01. The zero-order valence-corrected chi connectivity index (χ0v) is 11.3. The third-order valence-corrected chi connectivity index (χ3v) is 3.89. The van der Waals surface area contributed by atoms with Crippen LogP contribution in [0.15, 0.2) is 12.5 Å². The second-order valence-corrected chi connectivity index (χ2v) is 5.13. The smallest absolute Gasteiger partial charge is 0.200 e. The van der Waals surface area contributed by atoms with Gasteiger partial charge in [0.05, 0.1) is 24.6 Å². The van der Waals surface area contributed by atoms with Gasteiger partial charge in [0.1, 0.15) is 18.1 Å². The second-order valence-electron chi connectivity index (χ2n) is 5.13. The number of rotatable bonds is 2. The molecule has 20 heavy (non-hydrogen) atoms. The van der Waals surface area contributed by atoms with Gasteiger partial charge in [-0.1, -0.05) is 6.92 Å². The monoisotopic (exact) mass is 273 g/mol. The Morgan fingerprint density at radius 1 is 1.60 bits per heavy atom. The maximum atomic E-state index is 9.66. The highest BCUT2D eigenvalue weighted by Gasteiger charge is 2.50. The van der Waals surface area contributed by atoms with Crippen LogP contribution in [0.2, 0.25) is 0 Å². The standard InChI is InChI=1S/C13H15N5O2/c1-8-3-10(5-19)20-13(8,6-14)11-4-15-12-9(2)16-7-17-18(11)12/h4,7-8,10,19H,3,5H2,1-2H3/t8-,10-,13+/m0/s1. The number of nitriles is 1. The largest absolute Gasteiger partial charge is 0.394 e. The van der Waals surface area contributed by atoms with Crippen molar-refractivity contribution in [1.29, 1.82) is 5.26 Å². The predicted molar refractivity (Wildman–Crippen MR) is 68.5 cm³/mol. The molecule has 7 heteroatoms. The van der Waals surface area contributed by atoms with E-state index in [4.69, 9.17) is 4.74 Å². The summed E-state index contributed by atoms with van der Waals surface area (Å²) in [5.41, 5.74) is 0.807. The van der Waals surface area contributed by atoms with Crippen LogP contribution < -0.4 is 0 Å². The molecule has 3 rings (SSSR count). The van der Waals surface area contributed by atoms with Gasteiger partial charge in [-0.15, -0.1) is 0 Å². The van der Waals surface area contributed by atoms with Gasteiger partial charge < -0.3 is 9.84 Å². The molecule has 1 aliphatic rings. The van der Waals surface area contributed by atoms with Gasteiger partial charge in [0, 0.05) is 5.92 Å². The Balaban J connectivity index is 2.18. The van der Waals surface area contributed by atoms with E-state index in [0.29, 0.717) is 17.8 Å². The topological polar surface area (TPSA) is 96.3 Å². The molecule has 3 atom stereocenters. The molecule has 7 nitrogen and oxygen atoms in total. The molecule has 0 radical (unpaired) electrons. The van der Waals surface area contributed by atoms with E-state index < -0.39 is 5.60 Å². The molecule has 1 saturated heterocycles. The molecule has 3 heterocycles. The van der Waals surface area contributed by atoms with E-state index in [9.17, 15) is 10.4 Å². The minimum absolute atomic E-state index is 0.0557. The molecular weight excluding hydrogens is 258 g/mol. The molecule has 1 N–H and O–H groups in total. The highest BCUT2D eigenvalue weighted by molar-refractivity contribution is 5.45. The number of hydrogen-bond acceptors (Lipinski definition) is 6. The van der Waals surface area contributed by atoms with Crippen LogP contribution in [0, 0.1) is 24.2 Å². The van der Waals surface area contributed by atoms with E-state index in [1.165, 1.54) is 6.33 Å². The number of aliphatic hydroxyl groups is 1. The van der Waals surface area contributed by atoms with Crippen LogP contribution in [0.4, 0.5) is 0 Å². The quantitative estimate of drug-likeness (QED) is 0.859. The molecule has 0 unspecified atom stereocenters. The average molecular weight is 273 g/mol. The van der Waals surface area contributed by atoms with Crippen molar-refractivity contribution in [3.05, 3.63) is 23.9 Å². The molecule has 0 spiro atoms. The number of aromatic nitrogens is 4. The molecule has 0 aromatic carbocycles. The normalized spacial score (nSPS) is 29.7. The summed E-state index contributed by atoms with van der Waals surface area (Å²) in [5, 5.41) is 23.1. The fraction of sp³-hybridized carbons (Fsp3) is 0.538. The van der Waals surface area contributed by atoms with Crippen molar-refractivity contribution in [3.63, 3.8) is 0 Å². The molecule has 0 saturated carbocycles. The Labute approximate surface area is 115 Å². The van der Waals surface area contributed by atoms with E-state index in [1.54, 1.807) is 10.7 Å². The second kappa shape index (κ2) is 4.51. The first-order chi connectivity index (χ1) is 9.62. The molecule has 104 valence electrons. The predicted octanol–water partition coefficient (Wildman–Crippen LogP) is 0.569. The third kappa shape index (κ3) is 1.62. The number of imidazole rings is 1. The molecule has 2 aromatic heterocycles. The summed E-state index contributed by atoms with van der Waals surface area (Å²) in [6.07, 6.45) is 3.33. The van der Waals surface area contributed by atoms with Crippen molar-refractivity contribution in [1.82, 2.24) is 19.6 Å². The van der Waals surface area contributed by atoms with Crippen molar-refractivity contribution in [2.45, 2.75) is 32.0 Å². The Morgan fingerprint density at radius 2 is 2.40 bits per heavy atom. The van der Waals surface area contributed by atoms with Gasteiger partial charge in [-0.25, -0.2) is 14.5 Å². The van der Waals surface area contributed by atoms with Gasteiger partial charge in [0.2, 0.25) is 5.60 Å². The fourth-order valence-corrected chi connectivity index (χ4v) is 2.79. The summed E-state index contributed by atoms with van der Waals surface area (Å²) in [4.78, 5) is 8.37. The van der Waals surface area contributed by atoms with Crippen LogP contribution in [0.3, 0.4) is 0 Å². The number of fused-ring (bicyclic) bond motifs is 1. The van der Waals surface area contributed by atoms with Crippen LogP contribution in [0.1, 0.15) is 24.7 Å². The summed E-state index contributed by atoms with van der Waals surface area (Å²) >= 11 is 0. The van der Waals surface area contributed by atoms with Crippen molar-refractivity contribution in [3.8, 4) is 6.07 Å². The highest BCUT2D eigenvalue weighted by atomic mass is 16.5. The lowest BCUT2D eigenvalue weighted by atomic mass is 9.87. The van der Waals surface area contributed by atoms with Crippen LogP contribution >= 0.6 is 0 Å². The van der Waals surface area contributed by atoms with E-state index >= 15 is 0 Å². The number of ether oxygens (including phenoxy) is 1. The Hall–Kier alpha value is -2.04. The summed E-state index contributed by atoms with van der Waals surface area (Å²) in [6, 6.07) is 2.25. The molecule has 0 bridgehead atoms. The van der Waals surface area contributed by atoms with Gasteiger partial charge in [-0.3, -0.25) is 0 Å². The summed E-state index contributed by atoms with van der Waals surface area (Å²) < 4.78 is 7.42. The maximum absolute atomic E-state index is 9.66. The molecular formula is C13H15N5O2. The highest BCUT2D eigenvalue weighted by Crippen LogP contribution is 2.43. The van der Waals surface area contributed by atoms with Crippen molar-refractivity contribution >= 4 is 5.65 Å². The molecule has 2 aromatic rings. The van der Waals surface area contributed by atoms with E-state index in [-0.39, 0.29) is 18.6 Å². The summed E-state index contributed by atoms with van der Waals surface area (Å²) in [5.74, 6) is -0.0557. The number of hydrogen-bond donors (Lipinski definition) is 1. The van der Waals surface area contributed by atoms with Crippen LogP contribution in [0.5, 0.6) is 0 Å². The van der Waals surface area contributed by atoms with E-state index in [0.717, 1.165) is 5.69 Å². The lowest BCUT2D eigenvalue weighted by molar-refractivity contribution is -0.0425. The lowest BCUT2D eigenvalue weighted by Gasteiger charge is -2.24. The first-order valence-corrected chi connectivity index (χ1v) is 6.48. The van der Waals surface area contributed by atoms with Crippen molar-refractivity contribution in [2.75, 3.05) is 6.61 Å². The minimum atomic E-state index is -1.13. The van der Waals surface area contributed by atoms with Crippen LogP contribution in [-0.2, 0) is 10.3 Å². The number of aliphatic hydroxyl groups excluding tert-OH is 1. The third-order valence-electron chi connectivity index (χ3n) is 3.89. The Kier molecular flexibility index (Phi) is 2.92. The van der Waals surface area contributed by atoms with Gasteiger partial charge in [-0.05, 0) is 13.3 Å². The van der Waals surface area contributed by atoms with E-state index in [2.05, 4.69) is 21.1 Å². The number of nitrogens with zero attached hydrogens (tertiary/aromatic N) is 5. The van der Waals surface area contributed by atoms with Gasteiger partial charge in [0.15, 0.2) is 5.65 Å². The first-order valence-electron chi connectivity index (χ1n) is 6.48. The van der Waals surface area contributed by atoms with Gasteiger partial charge in [-0.2, -0.15) is 10.4 Å². The molecule has 0 amide bonds. The van der Waals surface area contributed by atoms with Crippen LogP contribution in [0.25, 0.3) is 5.65 Å². The van der Waals surface area contributed by atoms with Gasteiger partial charge >= 0.3 is 0 Å². The molecule has 1 aliphatic heterocycles. The van der Waals surface area contributed by atoms with E-state index in [1.807, 2.05) is 13.8 Å². The first kappa shape index (κ1) is 13.0. The lowest BCUT2D eigenvalue weighted by Crippen LogP contribution is -2.32. The molecule has 0 aliphatic carbocycles. The van der Waals surface area contributed by atoms with Crippen molar-refractivity contribution < 1.29 is 9.84 Å². The van der Waals surface area contributed by atoms with Crippen LogP contribution in [-0.4, -0.2) is 37.4 Å². The van der Waals surface area contributed by atoms with Crippen molar-refractivity contribution in [2.24, 2.45) is 5.92 Å². The Bertz CT molecular complexity index is 692. The molecule has 1 fully saturated rings. The zero-order valence-electron chi connectivity index (χ0n) is 11.3. The minimum Gasteiger partial charge on any atom is -0.394 e. The Morgan fingerprint density at radius 3 is 3.05 bits per heavy atom. The SMILES string of the molecule is Cc1ncnn2c([C@]3(C#N)O[C@H](CO)C[C@@H]3C)cnc12.